The van der Waals surface area contributed by atoms with Gasteiger partial charge in [-0.15, -0.1) is 5.10 Å². The van der Waals surface area contributed by atoms with E-state index in [-0.39, 0.29) is 0 Å². The van der Waals surface area contributed by atoms with Gasteiger partial charge < -0.3 is 10.1 Å². The average Bonchev–Trinajstić information content (AvgIpc) is 2.88. The van der Waals surface area contributed by atoms with Crippen molar-refractivity contribution in [1.82, 2.24) is 25.3 Å². The molecule has 0 aliphatic heterocycles. The zero-order valence-electron chi connectivity index (χ0n) is 12.9. The zero-order valence-corrected chi connectivity index (χ0v) is 12.9. The number of rotatable bonds is 8. The predicted molar refractivity (Wildman–Crippen MR) is 81.0 cm³/mol. The molecule has 2 heterocycles. The largest absolute Gasteiger partial charge is 0.490 e. The van der Waals surface area contributed by atoms with Gasteiger partial charge in [-0.1, -0.05) is 19.1 Å². The van der Waals surface area contributed by atoms with Gasteiger partial charge in [0.25, 0.3) is 0 Å². The topological polar surface area (TPSA) is 64.9 Å². The second kappa shape index (κ2) is 7.73. The normalized spacial score (nSPS) is 11.0. The van der Waals surface area contributed by atoms with Gasteiger partial charge in [-0.25, -0.2) is 4.68 Å². The summed E-state index contributed by atoms with van der Waals surface area (Å²) in [6.45, 7) is 9.25. The Bertz CT molecular complexity index is 553. The summed E-state index contributed by atoms with van der Waals surface area (Å²) in [5.41, 5.74) is 1.85. The highest BCUT2D eigenvalue weighted by Gasteiger charge is 2.03. The Morgan fingerprint density at radius 1 is 1.38 bits per heavy atom. The van der Waals surface area contributed by atoms with E-state index in [4.69, 9.17) is 4.74 Å². The molecule has 0 saturated carbocycles. The van der Waals surface area contributed by atoms with Crippen LogP contribution < -0.4 is 10.1 Å². The van der Waals surface area contributed by atoms with Gasteiger partial charge in [-0.05, 0) is 31.5 Å². The lowest BCUT2D eigenvalue weighted by Gasteiger charge is -2.07. The van der Waals surface area contributed by atoms with Crippen LogP contribution in [-0.2, 0) is 13.1 Å². The Labute approximate surface area is 125 Å². The van der Waals surface area contributed by atoms with Gasteiger partial charge in [0.2, 0.25) is 0 Å². The highest BCUT2D eigenvalue weighted by molar-refractivity contribution is 5.25. The van der Waals surface area contributed by atoms with Crippen molar-refractivity contribution in [3.05, 3.63) is 35.9 Å². The maximum Gasteiger partial charge on any atom is 0.140 e. The van der Waals surface area contributed by atoms with Gasteiger partial charge in [0, 0.05) is 18.9 Å². The van der Waals surface area contributed by atoms with Crippen LogP contribution in [-0.4, -0.2) is 33.1 Å². The van der Waals surface area contributed by atoms with Crippen molar-refractivity contribution >= 4 is 0 Å². The molecule has 1 N–H and O–H groups in total. The lowest BCUT2D eigenvalue weighted by atomic mass is 10.2. The molecule has 0 radical (unpaired) electrons. The van der Waals surface area contributed by atoms with Gasteiger partial charge in [-0.3, -0.25) is 4.98 Å². The maximum atomic E-state index is 5.70. The lowest BCUT2D eigenvalue weighted by molar-refractivity contribution is 0.286. The van der Waals surface area contributed by atoms with Crippen LogP contribution >= 0.6 is 0 Å². The number of nitrogens with zero attached hydrogens (tertiary/aromatic N) is 4. The van der Waals surface area contributed by atoms with E-state index < -0.39 is 0 Å². The first-order valence-electron chi connectivity index (χ1n) is 7.29. The van der Waals surface area contributed by atoms with E-state index in [1.165, 1.54) is 0 Å². The fraction of sp³-hybridized carbons (Fsp3) is 0.533. The third-order valence-corrected chi connectivity index (χ3v) is 2.98. The van der Waals surface area contributed by atoms with Crippen molar-refractivity contribution in [1.29, 1.82) is 0 Å². The molecule has 0 aliphatic rings. The molecule has 0 bridgehead atoms. The van der Waals surface area contributed by atoms with Crippen LogP contribution in [0, 0.1) is 12.8 Å². The number of hydrogen-bond donors (Lipinski definition) is 1. The zero-order chi connectivity index (χ0) is 15.1. The smallest absolute Gasteiger partial charge is 0.140 e. The minimum absolute atomic E-state index is 0.550. The van der Waals surface area contributed by atoms with Crippen molar-refractivity contribution in [2.75, 3.05) is 13.2 Å². The molecule has 0 fully saturated rings. The third-order valence-electron chi connectivity index (χ3n) is 2.98. The minimum Gasteiger partial charge on any atom is -0.490 e. The molecule has 0 atom stereocenters. The van der Waals surface area contributed by atoms with Crippen molar-refractivity contribution in [2.45, 2.75) is 33.9 Å². The Morgan fingerprint density at radius 3 is 3.00 bits per heavy atom. The van der Waals surface area contributed by atoms with Crippen LogP contribution in [0.1, 0.15) is 25.2 Å². The van der Waals surface area contributed by atoms with Crippen LogP contribution in [0.2, 0.25) is 0 Å². The number of aryl methyl sites for hydroxylation is 1. The molecule has 6 heteroatoms. The van der Waals surface area contributed by atoms with E-state index in [0.717, 1.165) is 30.2 Å². The third kappa shape index (κ3) is 5.15. The fourth-order valence-corrected chi connectivity index (χ4v) is 1.89. The summed E-state index contributed by atoms with van der Waals surface area (Å²) in [6.07, 6.45) is 3.71. The number of pyridine rings is 1. The molecule has 0 spiro atoms. The Balaban J connectivity index is 1.74. The standard InChI is InChI=1S/C15H23N5O/c1-12(2)9-16-10-14-11-20(19-18-14)7-8-21-15-5-4-6-17-13(15)3/h4-6,11-12,16H,7-10H2,1-3H3. The first kappa shape index (κ1) is 15.4. The Kier molecular flexibility index (Phi) is 5.68. The number of hydrogen-bond acceptors (Lipinski definition) is 5. The summed E-state index contributed by atoms with van der Waals surface area (Å²) in [5.74, 6) is 1.45. The van der Waals surface area contributed by atoms with Gasteiger partial charge in [0.05, 0.1) is 17.9 Å². The summed E-state index contributed by atoms with van der Waals surface area (Å²) in [4.78, 5) is 4.19. The molecule has 0 aromatic carbocycles. The minimum atomic E-state index is 0.550. The van der Waals surface area contributed by atoms with E-state index in [1.54, 1.807) is 10.9 Å². The lowest BCUT2D eigenvalue weighted by Crippen LogP contribution is -2.19. The molecular formula is C15H23N5O. The van der Waals surface area contributed by atoms with Crippen molar-refractivity contribution in [3.63, 3.8) is 0 Å². The van der Waals surface area contributed by atoms with Gasteiger partial charge in [0.15, 0.2) is 0 Å². The van der Waals surface area contributed by atoms with Crippen LogP contribution in [0.25, 0.3) is 0 Å². The molecular weight excluding hydrogens is 266 g/mol. The SMILES string of the molecule is Cc1ncccc1OCCn1cc(CNCC(C)C)nn1. The summed E-state index contributed by atoms with van der Waals surface area (Å²) in [6, 6.07) is 3.79. The van der Waals surface area contributed by atoms with Crippen LogP contribution in [0.5, 0.6) is 5.75 Å². The van der Waals surface area contributed by atoms with Crippen molar-refractivity contribution in [3.8, 4) is 5.75 Å². The van der Waals surface area contributed by atoms with Gasteiger partial charge >= 0.3 is 0 Å². The van der Waals surface area contributed by atoms with Crippen molar-refractivity contribution in [2.24, 2.45) is 5.92 Å². The number of nitrogens with one attached hydrogen (secondary N) is 1. The fourth-order valence-electron chi connectivity index (χ4n) is 1.89. The van der Waals surface area contributed by atoms with E-state index in [2.05, 4.69) is 34.5 Å². The van der Waals surface area contributed by atoms with Crippen molar-refractivity contribution < 1.29 is 4.74 Å². The molecule has 0 unspecified atom stereocenters. The van der Waals surface area contributed by atoms with E-state index in [0.29, 0.717) is 19.1 Å². The Hall–Kier alpha value is -1.95. The quantitative estimate of drug-likeness (QED) is 0.803. The molecule has 2 rings (SSSR count). The number of ether oxygens (including phenoxy) is 1. The molecule has 6 nitrogen and oxygen atoms in total. The molecule has 0 amide bonds. The van der Waals surface area contributed by atoms with Gasteiger partial charge in [-0.2, -0.15) is 0 Å². The van der Waals surface area contributed by atoms with Crippen LogP contribution in [0.3, 0.4) is 0 Å². The highest BCUT2D eigenvalue weighted by atomic mass is 16.5. The molecule has 21 heavy (non-hydrogen) atoms. The second-order valence-electron chi connectivity index (χ2n) is 5.43. The van der Waals surface area contributed by atoms with E-state index in [9.17, 15) is 0 Å². The molecule has 114 valence electrons. The summed E-state index contributed by atoms with van der Waals surface area (Å²) < 4.78 is 7.50. The molecule has 0 aliphatic carbocycles. The average molecular weight is 289 g/mol. The number of aromatic nitrogens is 4. The van der Waals surface area contributed by atoms with Crippen LogP contribution in [0.4, 0.5) is 0 Å². The summed E-state index contributed by atoms with van der Waals surface area (Å²) in [5, 5.41) is 11.6. The molecule has 2 aromatic rings. The maximum absolute atomic E-state index is 5.70. The molecule has 2 aromatic heterocycles. The summed E-state index contributed by atoms with van der Waals surface area (Å²) >= 11 is 0. The summed E-state index contributed by atoms with van der Waals surface area (Å²) in [7, 11) is 0. The first-order valence-corrected chi connectivity index (χ1v) is 7.29. The van der Waals surface area contributed by atoms with Gasteiger partial charge in [0.1, 0.15) is 12.4 Å². The second-order valence-corrected chi connectivity index (χ2v) is 5.43. The molecule has 0 saturated heterocycles. The van der Waals surface area contributed by atoms with E-state index >= 15 is 0 Å². The highest BCUT2D eigenvalue weighted by Crippen LogP contribution is 2.13. The Morgan fingerprint density at radius 2 is 2.24 bits per heavy atom. The monoisotopic (exact) mass is 289 g/mol. The first-order chi connectivity index (χ1) is 10.1. The van der Waals surface area contributed by atoms with E-state index in [1.807, 2.05) is 25.3 Å². The van der Waals surface area contributed by atoms with Crippen LogP contribution in [0.15, 0.2) is 24.5 Å². The predicted octanol–water partition coefficient (Wildman–Crippen LogP) is 1.81.